The maximum atomic E-state index is 5.27. The third kappa shape index (κ3) is 5.75. The van der Waals surface area contributed by atoms with Gasteiger partial charge in [-0.15, -0.1) is 0 Å². The average molecular weight is 763 g/mol. The third-order valence-corrected chi connectivity index (χ3v) is 21.8. The Hall–Kier alpha value is -6.47. The second kappa shape index (κ2) is 14.6. The summed E-state index contributed by atoms with van der Waals surface area (Å²) >= 11 is 0. The summed E-state index contributed by atoms with van der Waals surface area (Å²) in [5.74, 6) is 1.21. The molecule has 0 spiro atoms. The second-order valence-electron chi connectivity index (χ2n) is 15.4. The van der Waals surface area contributed by atoms with Gasteiger partial charge in [-0.25, -0.2) is 9.97 Å². The predicted octanol–water partition coefficient (Wildman–Crippen LogP) is 7.70. The van der Waals surface area contributed by atoms with E-state index in [2.05, 4.69) is 219 Å². The lowest BCUT2D eigenvalue weighted by Crippen LogP contribution is -2.72. The first-order valence-corrected chi connectivity index (χ1v) is 24.0. The quantitative estimate of drug-likeness (QED) is 0.117. The van der Waals surface area contributed by atoms with Crippen LogP contribution in [-0.4, -0.2) is 26.1 Å². The van der Waals surface area contributed by atoms with E-state index in [0.29, 0.717) is 5.92 Å². The number of fused-ring (bicyclic) bond motifs is 3. The van der Waals surface area contributed by atoms with Crippen LogP contribution < -0.4 is 36.3 Å². The molecule has 273 valence electrons. The van der Waals surface area contributed by atoms with Crippen LogP contribution in [0, 0.1) is 5.92 Å². The summed E-state index contributed by atoms with van der Waals surface area (Å²) in [6.07, 6.45) is 10.3. The van der Waals surface area contributed by atoms with Crippen molar-refractivity contribution in [2.45, 2.75) is 13.3 Å². The van der Waals surface area contributed by atoms with Crippen LogP contribution in [0.2, 0.25) is 0 Å². The summed E-state index contributed by atoms with van der Waals surface area (Å²) < 4.78 is 0. The Morgan fingerprint density at radius 3 is 1.72 bits per heavy atom. The van der Waals surface area contributed by atoms with Gasteiger partial charge in [-0.1, -0.05) is 224 Å². The molecule has 2 nitrogen and oxygen atoms in total. The minimum Gasteiger partial charge on any atom is -0.237 e. The van der Waals surface area contributed by atoms with Crippen molar-refractivity contribution in [3.05, 3.63) is 224 Å². The van der Waals surface area contributed by atoms with E-state index in [0.717, 1.165) is 29.1 Å². The molecule has 8 aromatic rings. The van der Waals surface area contributed by atoms with Gasteiger partial charge in [-0.05, 0) is 47.2 Å². The Morgan fingerprint density at radius 1 is 0.526 bits per heavy atom. The van der Waals surface area contributed by atoms with E-state index in [1.807, 2.05) is 6.20 Å². The summed E-state index contributed by atoms with van der Waals surface area (Å²) in [6.45, 7) is 2.33. The van der Waals surface area contributed by atoms with Crippen LogP contribution in [0.1, 0.15) is 13.3 Å². The summed E-state index contributed by atoms with van der Waals surface area (Å²) in [6, 6.07) is 71.9. The first-order valence-electron chi connectivity index (χ1n) is 20.0. The van der Waals surface area contributed by atoms with Crippen LogP contribution >= 0.6 is 0 Å². The number of benzene rings is 7. The van der Waals surface area contributed by atoms with Crippen LogP contribution in [0.4, 0.5) is 0 Å². The van der Waals surface area contributed by atoms with Gasteiger partial charge in [-0.3, -0.25) is 0 Å². The fraction of sp³-hybridized carbons (Fsp3) is 0.0566. The van der Waals surface area contributed by atoms with Crippen molar-refractivity contribution in [2.75, 3.05) is 0 Å². The van der Waals surface area contributed by atoms with Gasteiger partial charge in [0.05, 0.1) is 5.69 Å². The van der Waals surface area contributed by atoms with Crippen molar-refractivity contribution < 1.29 is 0 Å². The zero-order chi connectivity index (χ0) is 38.2. The van der Waals surface area contributed by atoms with Crippen LogP contribution in [0.5, 0.6) is 0 Å². The zero-order valence-electron chi connectivity index (χ0n) is 32.0. The Labute approximate surface area is 337 Å². The van der Waals surface area contributed by atoms with E-state index < -0.39 is 16.1 Å². The highest BCUT2D eigenvalue weighted by Gasteiger charge is 2.43. The van der Waals surface area contributed by atoms with Crippen LogP contribution in [-0.2, 0) is 0 Å². The third-order valence-electron chi connectivity index (χ3n) is 12.1. The van der Waals surface area contributed by atoms with Gasteiger partial charge in [-0.2, -0.15) is 20.7 Å². The molecule has 2 heterocycles. The average Bonchev–Trinajstić information content (AvgIpc) is 3.59. The molecule has 1 atom stereocenters. The van der Waals surface area contributed by atoms with E-state index in [1.165, 1.54) is 52.6 Å². The first-order chi connectivity index (χ1) is 28.2. The van der Waals surface area contributed by atoms with E-state index in [-0.39, 0.29) is 0 Å². The molecule has 57 heavy (non-hydrogen) atoms. The van der Waals surface area contributed by atoms with Gasteiger partial charge in [0.15, 0.2) is 13.9 Å². The molecule has 1 aliphatic heterocycles. The van der Waals surface area contributed by atoms with Crippen molar-refractivity contribution in [3.63, 3.8) is 0 Å². The maximum absolute atomic E-state index is 5.27. The highest BCUT2D eigenvalue weighted by molar-refractivity contribution is 7.22. The second-order valence-corrected chi connectivity index (χ2v) is 22.9. The normalized spacial score (nSPS) is 15.4. The molecule has 0 saturated carbocycles. The molecule has 0 N–H and O–H groups in total. The van der Waals surface area contributed by atoms with E-state index in [1.54, 1.807) is 0 Å². The smallest absolute Gasteiger partial charge is 0.179 e. The first kappa shape index (κ1) is 35.0. The summed E-state index contributed by atoms with van der Waals surface area (Å²) in [4.78, 5) is 10.1. The van der Waals surface area contributed by atoms with E-state index in [9.17, 15) is 0 Å². The Morgan fingerprint density at radius 2 is 1.09 bits per heavy atom. The monoisotopic (exact) mass is 762 g/mol. The molecule has 1 aromatic heterocycles. The molecule has 0 saturated heterocycles. The fourth-order valence-electron chi connectivity index (χ4n) is 9.62. The van der Waals surface area contributed by atoms with Crippen molar-refractivity contribution >= 4 is 52.5 Å². The molecular weight excluding hydrogens is 721 g/mol. The molecule has 10 rings (SSSR count). The van der Waals surface area contributed by atoms with Crippen molar-refractivity contribution in [2.24, 2.45) is 5.92 Å². The standard InChI is InChI=1S/C53H42N2Si2/c1-39-17-15-25-46(37-39)56(42-19-5-2-6-20-42,43-21-7-3-8-22-43)47-26-16-18-41(38-47)50-35-36-54-53(55-50)40-31-33-45(34-32-40)57(44-23-9-4-10-24-44)51-29-13-11-27-48(51)49-28-12-14-30-52(49)57/h2-16,18-39H,17H2,1H3/q-1. The van der Waals surface area contributed by atoms with Crippen molar-refractivity contribution in [1.29, 1.82) is 0 Å². The van der Waals surface area contributed by atoms with Crippen molar-refractivity contribution in [3.8, 4) is 33.8 Å². The minimum absolute atomic E-state index is 0.478. The molecule has 0 amide bonds. The number of nitrogens with zero attached hydrogens (tertiary/aromatic N) is 2. The SMILES string of the molecule is CC1C=C([Si](c2ccccc2)(c2ccccc2)c2cccc(-c3ccnc(-c4ccc([Si-]5(c6ccccc6)c6ccccc6-c6ccccc65)cc4)n3)c2)C=CC1. The lowest BCUT2D eigenvalue weighted by molar-refractivity contribution is 0.734. The van der Waals surface area contributed by atoms with E-state index in [4.69, 9.17) is 9.97 Å². The highest BCUT2D eigenvalue weighted by Crippen LogP contribution is 2.30. The van der Waals surface area contributed by atoms with Crippen molar-refractivity contribution in [1.82, 2.24) is 9.97 Å². The minimum atomic E-state index is -2.68. The van der Waals surface area contributed by atoms with Gasteiger partial charge in [0, 0.05) is 17.3 Å². The summed E-state index contributed by atoms with van der Waals surface area (Å²) in [7, 11) is -5.24. The molecule has 0 fully saturated rings. The number of allylic oxidation sites excluding steroid dienone is 4. The molecule has 0 bridgehead atoms. The number of hydrogen-bond acceptors (Lipinski definition) is 2. The van der Waals surface area contributed by atoms with E-state index >= 15 is 0 Å². The van der Waals surface area contributed by atoms with Gasteiger partial charge in [0.25, 0.3) is 0 Å². The van der Waals surface area contributed by atoms with Crippen LogP contribution in [0.15, 0.2) is 224 Å². The molecule has 4 heteroatoms. The zero-order valence-corrected chi connectivity index (χ0v) is 34.0. The molecular formula is C53H42N2Si2-. The topological polar surface area (TPSA) is 25.8 Å². The fourth-order valence-corrected chi connectivity index (χ4v) is 19.8. The maximum Gasteiger partial charge on any atom is 0.179 e. The van der Waals surface area contributed by atoms with Gasteiger partial charge in [0.1, 0.15) is 0 Å². The Bertz CT molecular complexity index is 2690. The summed E-state index contributed by atoms with van der Waals surface area (Å²) in [5.41, 5.74) is 5.73. The largest absolute Gasteiger partial charge is 0.237 e. The summed E-state index contributed by atoms with van der Waals surface area (Å²) in [5, 5.41) is 11.2. The lowest BCUT2D eigenvalue weighted by Gasteiger charge is -2.44. The molecule has 1 unspecified atom stereocenters. The van der Waals surface area contributed by atoms with Crippen LogP contribution in [0.3, 0.4) is 0 Å². The molecule has 2 aliphatic rings. The predicted molar refractivity (Wildman–Crippen MR) is 244 cm³/mol. The number of aromatic nitrogens is 2. The Balaban J connectivity index is 1.08. The van der Waals surface area contributed by atoms with Gasteiger partial charge in [0.2, 0.25) is 0 Å². The van der Waals surface area contributed by atoms with Crippen LogP contribution in [0.25, 0.3) is 33.8 Å². The van der Waals surface area contributed by atoms with Gasteiger partial charge < -0.3 is 0 Å². The van der Waals surface area contributed by atoms with Gasteiger partial charge >= 0.3 is 0 Å². The number of hydrogen-bond donors (Lipinski definition) is 0. The molecule has 7 aromatic carbocycles. The lowest BCUT2D eigenvalue weighted by atomic mass is 10.0. The molecule has 0 radical (unpaired) electrons. The Kier molecular flexibility index (Phi) is 8.93. The molecule has 1 aliphatic carbocycles. The number of rotatable bonds is 8. The highest BCUT2D eigenvalue weighted by atomic mass is 28.3.